The zero-order valence-corrected chi connectivity index (χ0v) is 13.8. The molecule has 120 valence electrons. The average molecular weight is 314 g/mol. The first-order valence-corrected chi connectivity index (χ1v) is 8.13. The molecule has 0 aliphatic heterocycles. The first kappa shape index (κ1) is 17.9. The highest BCUT2D eigenvalue weighted by Gasteiger charge is 2.44. The topological polar surface area (TPSA) is 72.6 Å². The molecular weight excluding hydrogens is 288 g/mol. The summed E-state index contributed by atoms with van der Waals surface area (Å²) in [4.78, 5) is 26.5. The molecule has 0 aromatic heterocycles. The van der Waals surface area contributed by atoms with Crippen LogP contribution in [-0.2, 0) is 14.3 Å². The molecule has 0 radical (unpaired) electrons. The Hall–Kier alpha value is -1.17. The Kier molecular flexibility index (Phi) is 7.08. The van der Waals surface area contributed by atoms with E-state index in [1.165, 1.54) is 0 Å². The molecule has 2 N–H and O–H groups in total. The Morgan fingerprint density at radius 3 is 2.33 bits per heavy atom. The predicted molar refractivity (Wildman–Crippen MR) is 85.8 cm³/mol. The highest BCUT2D eigenvalue weighted by atomic mass is 32.1. The van der Waals surface area contributed by atoms with Crippen LogP contribution >= 0.6 is 12.2 Å². The molecule has 1 rings (SSSR count). The Balaban J connectivity index is 2.90. The molecule has 0 unspecified atom stereocenters. The SMILES string of the molecule is CCCN(CC(=O)OCC)C(=O)C1(C(N)=S)CCCCC1. The fraction of sp³-hybridized carbons (Fsp3) is 0.800. The number of nitrogens with zero attached hydrogens (tertiary/aromatic N) is 1. The van der Waals surface area contributed by atoms with E-state index in [0.717, 1.165) is 25.7 Å². The lowest BCUT2D eigenvalue weighted by Gasteiger charge is -2.38. The zero-order chi connectivity index (χ0) is 15.9. The zero-order valence-electron chi connectivity index (χ0n) is 13.0. The van der Waals surface area contributed by atoms with Gasteiger partial charge in [0.25, 0.3) is 0 Å². The van der Waals surface area contributed by atoms with Crippen LogP contribution in [0.5, 0.6) is 0 Å². The number of esters is 1. The summed E-state index contributed by atoms with van der Waals surface area (Å²) in [6.45, 7) is 4.53. The number of ether oxygens (including phenoxy) is 1. The van der Waals surface area contributed by atoms with E-state index < -0.39 is 5.41 Å². The van der Waals surface area contributed by atoms with Crippen molar-refractivity contribution in [2.24, 2.45) is 11.1 Å². The smallest absolute Gasteiger partial charge is 0.325 e. The third-order valence-corrected chi connectivity index (χ3v) is 4.38. The monoisotopic (exact) mass is 314 g/mol. The Bertz CT molecular complexity index is 392. The van der Waals surface area contributed by atoms with Crippen LogP contribution in [0.1, 0.15) is 52.4 Å². The molecule has 0 aromatic rings. The summed E-state index contributed by atoms with van der Waals surface area (Å²) in [5, 5.41) is 0. The molecule has 6 heteroatoms. The maximum absolute atomic E-state index is 12.9. The van der Waals surface area contributed by atoms with Gasteiger partial charge in [0.05, 0.1) is 17.0 Å². The molecular formula is C15H26N2O3S. The first-order chi connectivity index (χ1) is 9.97. The van der Waals surface area contributed by atoms with Crippen molar-refractivity contribution >= 4 is 29.1 Å². The summed E-state index contributed by atoms with van der Waals surface area (Å²) < 4.78 is 4.95. The van der Waals surface area contributed by atoms with Crippen molar-refractivity contribution in [2.45, 2.75) is 52.4 Å². The fourth-order valence-electron chi connectivity index (χ4n) is 2.91. The van der Waals surface area contributed by atoms with Gasteiger partial charge in [-0.25, -0.2) is 0 Å². The van der Waals surface area contributed by atoms with E-state index >= 15 is 0 Å². The van der Waals surface area contributed by atoms with Crippen LogP contribution in [0.15, 0.2) is 0 Å². The van der Waals surface area contributed by atoms with Crippen LogP contribution in [-0.4, -0.2) is 41.5 Å². The van der Waals surface area contributed by atoms with Gasteiger partial charge in [-0.05, 0) is 26.2 Å². The van der Waals surface area contributed by atoms with Crippen LogP contribution in [0, 0.1) is 5.41 Å². The molecule has 1 fully saturated rings. The molecule has 1 saturated carbocycles. The molecule has 0 aromatic carbocycles. The van der Waals surface area contributed by atoms with Crippen LogP contribution < -0.4 is 5.73 Å². The van der Waals surface area contributed by atoms with E-state index in [2.05, 4.69) is 0 Å². The number of amides is 1. The van der Waals surface area contributed by atoms with Crippen LogP contribution in [0.25, 0.3) is 0 Å². The van der Waals surface area contributed by atoms with Crippen molar-refractivity contribution in [1.82, 2.24) is 4.90 Å². The number of nitrogens with two attached hydrogens (primary N) is 1. The van der Waals surface area contributed by atoms with Crippen molar-refractivity contribution in [1.29, 1.82) is 0 Å². The normalized spacial score (nSPS) is 17.0. The lowest BCUT2D eigenvalue weighted by Crippen LogP contribution is -2.53. The summed E-state index contributed by atoms with van der Waals surface area (Å²) in [5.41, 5.74) is 5.13. The number of hydrogen-bond donors (Lipinski definition) is 1. The van der Waals surface area contributed by atoms with E-state index in [-0.39, 0.29) is 23.4 Å². The van der Waals surface area contributed by atoms with Crippen molar-refractivity contribution < 1.29 is 14.3 Å². The Labute approximate surface area is 132 Å². The van der Waals surface area contributed by atoms with Gasteiger partial charge in [0.2, 0.25) is 5.91 Å². The van der Waals surface area contributed by atoms with Gasteiger partial charge in [-0.2, -0.15) is 0 Å². The van der Waals surface area contributed by atoms with Gasteiger partial charge in [-0.3, -0.25) is 9.59 Å². The fourth-order valence-corrected chi connectivity index (χ4v) is 3.20. The largest absolute Gasteiger partial charge is 0.465 e. The number of rotatable bonds is 7. The lowest BCUT2D eigenvalue weighted by atomic mass is 9.73. The van der Waals surface area contributed by atoms with Gasteiger partial charge >= 0.3 is 5.97 Å². The second kappa shape index (κ2) is 8.32. The number of thiocarbonyl (C=S) groups is 1. The van der Waals surface area contributed by atoms with Crippen molar-refractivity contribution in [3.05, 3.63) is 0 Å². The standard InChI is InChI=1S/C15H26N2O3S/c1-3-10-17(11-12(18)20-4-2)14(19)15(13(16)21)8-6-5-7-9-15/h3-11H2,1-2H3,(H2,16,21). The molecule has 0 saturated heterocycles. The summed E-state index contributed by atoms with van der Waals surface area (Å²) in [6.07, 6.45) is 5.14. The van der Waals surface area contributed by atoms with Gasteiger partial charge in [-0.1, -0.05) is 38.4 Å². The van der Waals surface area contributed by atoms with Gasteiger partial charge < -0.3 is 15.4 Å². The van der Waals surface area contributed by atoms with E-state index in [1.807, 2.05) is 6.92 Å². The molecule has 5 nitrogen and oxygen atoms in total. The summed E-state index contributed by atoms with van der Waals surface area (Å²) in [6, 6.07) is 0. The van der Waals surface area contributed by atoms with Crippen LogP contribution in [0.4, 0.5) is 0 Å². The van der Waals surface area contributed by atoms with Gasteiger partial charge in [0.1, 0.15) is 6.54 Å². The maximum atomic E-state index is 12.9. The van der Waals surface area contributed by atoms with Gasteiger partial charge in [0.15, 0.2) is 0 Å². The minimum absolute atomic E-state index is 0.0229. The molecule has 1 amide bonds. The van der Waals surface area contributed by atoms with E-state index in [1.54, 1.807) is 11.8 Å². The minimum atomic E-state index is -0.769. The molecule has 1 aliphatic carbocycles. The third-order valence-electron chi connectivity index (χ3n) is 3.99. The van der Waals surface area contributed by atoms with Gasteiger partial charge in [-0.15, -0.1) is 0 Å². The predicted octanol–water partition coefficient (Wildman–Crippen LogP) is 2.02. The lowest BCUT2D eigenvalue weighted by molar-refractivity contribution is -0.152. The molecule has 21 heavy (non-hydrogen) atoms. The van der Waals surface area contributed by atoms with Crippen molar-refractivity contribution in [2.75, 3.05) is 19.7 Å². The average Bonchev–Trinajstić information content (AvgIpc) is 2.47. The van der Waals surface area contributed by atoms with Gasteiger partial charge in [0, 0.05) is 6.54 Å². The summed E-state index contributed by atoms with van der Waals surface area (Å²) >= 11 is 5.19. The number of carbonyl (C=O) groups excluding carboxylic acids is 2. The second-order valence-corrected chi connectivity index (χ2v) is 5.98. The minimum Gasteiger partial charge on any atom is -0.465 e. The highest BCUT2D eigenvalue weighted by molar-refractivity contribution is 7.80. The van der Waals surface area contributed by atoms with E-state index in [4.69, 9.17) is 22.7 Å². The van der Waals surface area contributed by atoms with Crippen LogP contribution in [0.2, 0.25) is 0 Å². The second-order valence-electron chi connectivity index (χ2n) is 5.54. The Morgan fingerprint density at radius 2 is 1.86 bits per heavy atom. The molecule has 0 bridgehead atoms. The summed E-state index contributed by atoms with van der Waals surface area (Å²) in [5.74, 6) is -0.488. The third kappa shape index (κ3) is 4.40. The summed E-state index contributed by atoms with van der Waals surface area (Å²) in [7, 11) is 0. The van der Waals surface area contributed by atoms with Crippen molar-refractivity contribution in [3.8, 4) is 0 Å². The number of carbonyl (C=O) groups is 2. The number of hydrogen-bond acceptors (Lipinski definition) is 4. The highest BCUT2D eigenvalue weighted by Crippen LogP contribution is 2.38. The Morgan fingerprint density at radius 1 is 1.24 bits per heavy atom. The molecule has 0 heterocycles. The van der Waals surface area contributed by atoms with Crippen LogP contribution in [0.3, 0.4) is 0 Å². The first-order valence-electron chi connectivity index (χ1n) is 7.72. The molecule has 0 atom stereocenters. The molecule has 0 spiro atoms. The van der Waals surface area contributed by atoms with E-state index in [9.17, 15) is 9.59 Å². The quantitative estimate of drug-likeness (QED) is 0.575. The van der Waals surface area contributed by atoms with E-state index in [0.29, 0.717) is 26.0 Å². The van der Waals surface area contributed by atoms with Crippen molar-refractivity contribution in [3.63, 3.8) is 0 Å². The maximum Gasteiger partial charge on any atom is 0.325 e. The molecule has 1 aliphatic rings.